The first kappa shape index (κ1) is 12.6. The maximum absolute atomic E-state index is 5.55. The Labute approximate surface area is 107 Å². The van der Waals surface area contributed by atoms with E-state index in [9.17, 15) is 0 Å². The lowest BCUT2D eigenvalue weighted by Crippen LogP contribution is -2.04. The zero-order chi connectivity index (χ0) is 12.8. The maximum Gasteiger partial charge on any atom is 0.119 e. The van der Waals surface area contributed by atoms with E-state index in [0.29, 0.717) is 0 Å². The number of rotatable bonds is 6. The number of ether oxygens (including phenoxy) is 1. The fraction of sp³-hybridized carbons (Fsp3) is 0.357. The monoisotopic (exact) mass is 245 g/mol. The minimum absolute atomic E-state index is 0.758. The van der Waals surface area contributed by atoms with Gasteiger partial charge in [0.05, 0.1) is 12.3 Å². The second kappa shape index (κ2) is 6.21. The fourth-order valence-electron chi connectivity index (χ4n) is 1.73. The summed E-state index contributed by atoms with van der Waals surface area (Å²) < 4.78 is 5.55. The molecule has 0 spiro atoms. The molecule has 0 fully saturated rings. The maximum atomic E-state index is 5.55. The van der Waals surface area contributed by atoms with E-state index in [0.717, 1.165) is 42.3 Å². The van der Waals surface area contributed by atoms with Gasteiger partial charge < -0.3 is 10.1 Å². The third-order valence-corrected chi connectivity index (χ3v) is 2.62. The van der Waals surface area contributed by atoms with Crippen LogP contribution in [-0.4, -0.2) is 23.9 Å². The molecule has 0 aliphatic rings. The summed E-state index contributed by atoms with van der Waals surface area (Å²) in [5.41, 5.74) is 3.14. The molecule has 2 rings (SSSR count). The molecule has 2 N–H and O–H groups in total. The number of aromatic amines is 1. The van der Waals surface area contributed by atoms with Gasteiger partial charge in [-0.3, -0.25) is 5.10 Å². The van der Waals surface area contributed by atoms with Crippen molar-refractivity contribution in [3.05, 3.63) is 36.0 Å². The van der Waals surface area contributed by atoms with Gasteiger partial charge in [0.15, 0.2) is 0 Å². The van der Waals surface area contributed by atoms with Crippen LogP contribution in [0.1, 0.15) is 19.0 Å². The number of nitrogens with one attached hydrogen (secondary N) is 2. The van der Waals surface area contributed by atoms with Gasteiger partial charge in [0.2, 0.25) is 0 Å². The standard InChI is InChI=1S/C14H19N3O/c1-3-8-18-13-6-4-11(5-7-13)14-9-12(10-15-2)16-17-14/h4-7,9,15H,3,8,10H2,1-2H3,(H,16,17). The molecule has 2 aromatic rings. The Balaban J connectivity index is 2.07. The summed E-state index contributed by atoms with van der Waals surface area (Å²) in [4.78, 5) is 0. The molecule has 1 heterocycles. The number of H-pyrrole nitrogens is 1. The SMILES string of the molecule is CCCOc1ccc(-c2cc(CNC)[nH]n2)cc1. The van der Waals surface area contributed by atoms with Crippen LogP contribution in [0.25, 0.3) is 11.3 Å². The van der Waals surface area contributed by atoms with Crippen molar-refractivity contribution in [3.63, 3.8) is 0 Å². The first-order valence-corrected chi connectivity index (χ1v) is 6.25. The largest absolute Gasteiger partial charge is 0.494 e. The van der Waals surface area contributed by atoms with Crippen LogP contribution in [0.15, 0.2) is 30.3 Å². The molecule has 96 valence electrons. The van der Waals surface area contributed by atoms with Crippen molar-refractivity contribution < 1.29 is 4.74 Å². The van der Waals surface area contributed by atoms with Crippen molar-refractivity contribution >= 4 is 0 Å². The minimum atomic E-state index is 0.758. The summed E-state index contributed by atoms with van der Waals surface area (Å²) in [6.07, 6.45) is 1.02. The van der Waals surface area contributed by atoms with Crippen LogP contribution in [0.2, 0.25) is 0 Å². The molecule has 0 radical (unpaired) electrons. The second-order valence-corrected chi connectivity index (χ2v) is 4.18. The van der Waals surface area contributed by atoms with Crippen molar-refractivity contribution in [1.82, 2.24) is 15.5 Å². The lowest BCUT2D eigenvalue weighted by Gasteiger charge is -2.04. The molecule has 0 amide bonds. The molecule has 4 nitrogen and oxygen atoms in total. The predicted molar refractivity (Wildman–Crippen MR) is 72.6 cm³/mol. The molecule has 1 aromatic carbocycles. The predicted octanol–water partition coefficient (Wildman–Crippen LogP) is 2.58. The highest BCUT2D eigenvalue weighted by atomic mass is 16.5. The van der Waals surface area contributed by atoms with Gasteiger partial charge in [-0.05, 0) is 43.8 Å². The molecule has 0 unspecified atom stereocenters. The Morgan fingerprint density at radius 2 is 2.06 bits per heavy atom. The Morgan fingerprint density at radius 1 is 1.28 bits per heavy atom. The molecular weight excluding hydrogens is 226 g/mol. The molecule has 1 aromatic heterocycles. The summed E-state index contributed by atoms with van der Waals surface area (Å²) in [5.74, 6) is 0.909. The third kappa shape index (κ3) is 3.11. The summed E-state index contributed by atoms with van der Waals surface area (Å²) in [6, 6.07) is 10.1. The van der Waals surface area contributed by atoms with Crippen molar-refractivity contribution in [2.75, 3.05) is 13.7 Å². The van der Waals surface area contributed by atoms with Crippen LogP contribution in [-0.2, 0) is 6.54 Å². The zero-order valence-electron chi connectivity index (χ0n) is 10.9. The molecule has 0 saturated heterocycles. The Morgan fingerprint density at radius 3 is 2.72 bits per heavy atom. The Bertz CT molecular complexity index is 476. The van der Waals surface area contributed by atoms with Gasteiger partial charge in [0.25, 0.3) is 0 Å². The van der Waals surface area contributed by atoms with Gasteiger partial charge in [0, 0.05) is 17.8 Å². The minimum Gasteiger partial charge on any atom is -0.494 e. The fourth-order valence-corrected chi connectivity index (χ4v) is 1.73. The van der Waals surface area contributed by atoms with Gasteiger partial charge in [-0.1, -0.05) is 6.92 Å². The van der Waals surface area contributed by atoms with E-state index < -0.39 is 0 Å². The Hall–Kier alpha value is -1.81. The lowest BCUT2D eigenvalue weighted by atomic mass is 10.1. The van der Waals surface area contributed by atoms with E-state index >= 15 is 0 Å². The molecule has 0 aliphatic carbocycles. The summed E-state index contributed by atoms with van der Waals surface area (Å²) >= 11 is 0. The van der Waals surface area contributed by atoms with Crippen LogP contribution < -0.4 is 10.1 Å². The van der Waals surface area contributed by atoms with Crippen LogP contribution >= 0.6 is 0 Å². The normalized spacial score (nSPS) is 10.6. The van der Waals surface area contributed by atoms with E-state index in [-0.39, 0.29) is 0 Å². The van der Waals surface area contributed by atoms with E-state index in [2.05, 4.69) is 28.5 Å². The molecule has 0 bridgehead atoms. The van der Waals surface area contributed by atoms with Gasteiger partial charge in [0.1, 0.15) is 5.75 Å². The average molecular weight is 245 g/mol. The van der Waals surface area contributed by atoms with Crippen LogP contribution in [0, 0.1) is 0 Å². The second-order valence-electron chi connectivity index (χ2n) is 4.18. The van der Waals surface area contributed by atoms with Gasteiger partial charge in [-0.25, -0.2) is 0 Å². The molecule has 0 atom stereocenters. The number of benzene rings is 1. The molecule has 0 aliphatic heterocycles. The van der Waals surface area contributed by atoms with Crippen molar-refractivity contribution in [2.24, 2.45) is 0 Å². The first-order chi connectivity index (χ1) is 8.83. The smallest absolute Gasteiger partial charge is 0.119 e. The summed E-state index contributed by atoms with van der Waals surface area (Å²) in [7, 11) is 1.92. The van der Waals surface area contributed by atoms with E-state index in [1.54, 1.807) is 0 Å². The molecule has 4 heteroatoms. The third-order valence-electron chi connectivity index (χ3n) is 2.62. The first-order valence-electron chi connectivity index (χ1n) is 6.25. The number of nitrogens with zero attached hydrogens (tertiary/aromatic N) is 1. The average Bonchev–Trinajstić information content (AvgIpc) is 2.86. The highest BCUT2D eigenvalue weighted by Gasteiger charge is 2.03. The van der Waals surface area contributed by atoms with E-state index in [1.807, 2.05) is 31.3 Å². The van der Waals surface area contributed by atoms with E-state index in [1.165, 1.54) is 0 Å². The molecule has 18 heavy (non-hydrogen) atoms. The summed E-state index contributed by atoms with van der Waals surface area (Å²) in [6.45, 7) is 3.65. The van der Waals surface area contributed by atoms with Crippen molar-refractivity contribution in [3.8, 4) is 17.0 Å². The Kier molecular flexibility index (Phi) is 4.36. The van der Waals surface area contributed by atoms with Crippen LogP contribution in [0.4, 0.5) is 0 Å². The highest BCUT2D eigenvalue weighted by Crippen LogP contribution is 2.21. The molecular formula is C14H19N3O. The highest BCUT2D eigenvalue weighted by molar-refractivity contribution is 5.60. The van der Waals surface area contributed by atoms with Gasteiger partial charge >= 0.3 is 0 Å². The van der Waals surface area contributed by atoms with Gasteiger partial charge in [-0.15, -0.1) is 0 Å². The van der Waals surface area contributed by atoms with Crippen molar-refractivity contribution in [1.29, 1.82) is 0 Å². The number of hydrogen-bond acceptors (Lipinski definition) is 3. The number of hydrogen-bond donors (Lipinski definition) is 2. The topological polar surface area (TPSA) is 49.9 Å². The lowest BCUT2D eigenvalue weighted by molar-refractivity contribution is 0.317. The summed E-state index contributed by atoms with van der Waals surface area (Å²) in [5, 5.41) is 10.4. The van der Waals surface area contributed by atoms with E-state index in [4.69, 9.17) is 4.74 Å². The zero-order valence-corrected chi connectivity index (χ0v) is 10.9. The molecule has 0 saturated carbocycles. The quantitative estimate of drug-likeness (QED) is 0.822. The van der Waals surface area contributed by atoms with Crippen LogP contribution in [0.3, 0.4) is 0 Å². The van der Waals surface area contributed by atoms with Crippen molar-refractivity contribution in [2.45, 2.75) is 19.9 Å². The van der Waals surface area contributed by atoms with Gasteiger partial charge in [-0.2, -0.15) is 5.10 Å². The van der Waals surface area contributed by atoms with Crippen LogP contribution in [0.5, 0.6) is 5.75 Å². The number of aromatic nitrogens is 2.